The number of thiol groups is 1. The monoisotopic (exact) mass is 319 g/mol. The first-order chi connectivity index (χ1) is 11.4. The lowest BCUT2D eigenvalue weighted by molar-refractivity contribution is 0.649. The molecule has 0 amide bonds. The quantitative estimate of drug-likeness (QED) is 0.723. The molecule has 3 nitrogen and oxygen atoms in total. The molecule has 0 fully saturated rings. The molecule has 0 saturated carbocycles. The number of benzene rings is 2. The molecule has 114 valence electrons. The first-order valence-corrected chi connectivity index (χ1v) is 9.04. The Balaban J connectivity index is 1.55. The van der Waals surface area contributed by atoms with Gasteiger partial charge in [0.2, 0.25) is 0 Å². The Morgan fingerprint density at radius 1 is 0.913 bits per heavy atom. The number of rotatable bonds is 4. The lowest BCUT2D eigenvalue weighted by atomic mass is 10.2. The molecule has 0 spiro atoms. The first kappa shape index (κ1) is 14.0. The van der Waals surface area contributed by atoms with Crippen molar-refractivity contribution in [1.82, 2.24) is 15.0 Å². The van der Waals surface area contributed by atoms with Crippen LogP contribution in [0.5, 0.6) is 0 Å². The van der Waals surface area contributed by atoms with E-state index in [9.17, 15) is 0 Å². The normalized spacial score (nSPS) is 14.5. The largest absolute Gasteiger partial charge is 0.247 e. The van der Waals surface area contributed by atoms with Crippen molar-refractivity contribution in [3.63, 3.8) is 0 Å². The molecule has 4 heteroatoms. The Hall–Kier alpha value is -2.59. The van der Waals surface area contributed by atoms with Crippen molar-refractivity contribution in [3.8, 4) is 11.3 Å². The third kappa shape index (κ3) is 3.12. The predicted octanol–water partition coefficient (Wildman–Crippen LogP) is 4.39. The summed E-state index contributed by atoms with van der Waals surface area (Å²) in [6, 6.07) is 18.9. The van der Waals surface area contributed by atoms with E-state index in [4.69, 9.17) is 0 Å². The highest BCUT2D eigenvalue weighted by atomic mass is 32.2. The summed E-state index contributed by atoms with van der Waals surface area (Å²) in [7, 11) is -0.268. The molecule has 23 heavy (non-hydrogen) atoms. The topological polar surface area (TPSA) is 30.7 Å². The highest BCUT2D eigenvalue weighted by Gasteiger charge is 2.06. The zero-order chi connectivity index (χ0) is 15.5. The van der Waals surface area contributed by atoms with E-state index < -0.39 is 0 Å². The molecule has 2 heterocycles. The average molecular weight is 319 g/mol. The van der Waals surface area contributed by atoms with Crippen LogP contribution in [0.15, 0.2) is 88.7 Å². The Kier molecular flexibility index (Phi) is 3.82. The zero-order valence-corrected chi connectivity index (χ0v) is 13.5. The molecule has 0 saturated heterocycles. The van der Waals surface area contributed by atoms with Crippen LogP contribution in [0.1, 0.15) is 5.56 Å². The average Bonchev–Trinajstić information content (AvgIpc) is 3.28. The molecule has 0 unspecified atom stereocenters. The fourth-order valence-electron chi connectivity index (χ4n) is 2.63. The van der Waals surface area contributed by atoms with Crippen LogP contribution in [0.25, 0.3) is 11.3 Å². The fourth-order valence-corrected chi connectivity index (χ4v) is 4.21. The van der Waals surface area contributed by atoms with Crippen LogP contribution in [0.2, 0.25) is 0 Å². The molecular formula is C19H17N3S. The second-order valence-corrected chi connectivity index (χ2v) is 7.35. The van der Waals surface area contributed by atoms with Gasteiger partial charge in [-0.25, -0.2) is 4.68 Å². The van der Waals surface area contributed by atoms with Gasteiger partial charge in [0, 0.05) is 5.56 Å². The highest BCUT2D eigenvalue weighted by molar-refractivity contribution is 8.22. The number of hydrogen-bond donors (Lipinski definition) is 1. The second-order valence-electron chi connectivity index (χ2n) is 5.43. The van der Waals surface area contributed by atoms with Gasteiger partial charge >= 0.3 is 0 Å². The minimum Gasteiger partial charge on any atom is -0.247 e. The summed E-state index contributed by atoms with van der Waals surface area (Å²) >= 11 is 0. The maximum absolute atomic E-state index is 4.28. The Morgan fingerprint density at radius 2 is 1.74 bits per heavy atom. The van der Waals surface area contributed by atoms with Crippen LogP contribution in [0.3, 0.4) is 0 Å². The van der Waals surface area contributed by atoms with Crippen LogP contribution in [0, 0.1) is 0 Å². The number of hydrogen-bond acceptors (Lipinski definition) is 2. The summed E-state index contributed by atoms with van der Waals surface area (Å²) in [5.41, 5.74) is 3.26. The molecule has 0 aliphatic carbocycles. The van der Waals surface area contributed by atoms with Gasteiger partial charge in [-0.15, -0.1) is 5.10 Å². The van der Waals surface area contributed by atoms with Crippen LogP contribution >= 0.6 is 10.9 Å². The molecule has 1 aliphatic rings. The van der Waals surface area contributed by atoms with Gasteiger partial charge in [0.1, 0.15) is 5.69 Å². The number of aromatic nitrogens is 3. The zero-order valence-electron chi connectivity index (χ0n) is 12.6. The van der Waals surface area contributed by atoms with E-state index in [-0.39, 0.29) is 10.9 Å². The molecule has 3 aromatic rings. The number of allylic oxidation sites excluding steroid dienone is 2. The minimum absolute atomic E-state index is 0.268. The summed E-state index contributed by atoms with van der Waals surface area (Å²) < 4.78 is 1.90. The van der Waals surface area contributed by atoms with Crippen molar-refractivity contribution in [3.05, 3.63) is 89.3 Å². The van der Waals surface area contributed by atoms with Crippen molar-refractivity contribution >= 4 is 10.9 Å². The van der Waals surface area contributed by atoms with Crippen molar-refractivity contribution in [2.75, 3.05) is 0 Å². The maximum atomic E-state index is 4.28. The second kappa shape index (κ2) is 6.26. The van der Waals surface area contributed by atoms with Gasteiger partial charge in [0.05, 0.1) is 12.7 Å². The lowest BCUT2D eigenvalue weighted by Gasteiger charge is -2.11. The summed E-state index contributed by atoms with van der Waals surface area (Å²) in [6.45, 7) is 0.740. The van der Waals surface area contributed by atoms with Crippen molar-refractivity contribution < 1.29 is 0 Å². The van der Waals surface area contributed by atoms with Gasteiger partial charge < -0.3 is 0 Å². The summed E-state index contributed by atoms with van der Waals surface area (Å²) in [5, 5.41) is 13.1. The smallest absolute Gasteiger partial charge is 0.113 e. The molecule has 0 radical (unpaired) electrons. The van der Waals surface area contributed by atoms with E-state index in [0.717, 1.165) is 17.8 Å². The summed E-state index contributed by atoms with van der Waals surface area (Å²) in [6.07, 6.45) is 6.26. The van der Waals surface area contributed by atoms with Gasteiger partial charge in [-0.3, -0.25) is 0 Å². The van der Waals surface area contributed by atoms with Gasteiger partial charge in [-0.05, 0) is 33.4 Å². The van der Waals surface area contributed by atoms with E-state index in [0.29, 0.717) is 0 Å². The van der Waals surface area contributed by atoms with Crippen LogP contribution in [-0.4, -0.2) is 15.0 Å². The molecule has 1 aliphatic heterocycles. The van der Waals surface area contributed by atoms with Crippen molar-refractivity contribution in [1.29, 1.82) is 0 Å². The third-order valence-electron chi connectivity index (χ3n) is 3.77. The van der Waals surface area contributed by atoms with E-state index in [2.05, 4.69) is 69.7 Å². The van der Waals surface area contributed by atoms with E-state index in [1.165, 1.54) is 10.5 Å². The van der Waals surface area contributed by atoms with Gasteiger partial charge in [-0.1, -0.05) is 59.8 Å². The molecule has 0 bridgehead atoms. The standard InChI is InChI=1S/C19H17N3S/c1-2-8-17(9-3-1)19-15-22(21-20-19)14-16-7-6-10-18(13-16)23-11-4-5-12-23/h1-13,15,23H,14H2. The van der Waals surface area contributed by atoms with E-state index >= 15 is 0 Å². The Morgan fingerprint density at radius 3 is 2.57 bits per heavy atom. The first-order valence-electron chi connectivity index (χ1n) is 7.56. The maximum Gasteiger partial charge on any atom is 0.113 e. The molecule has 0 atom stereocenters. The van der Waals surface area contributed by atoms with E-state index in [1.54, 1.807) is 0 Å². The molecule has 0 N–H and O–H groups in total. The van der Waals surface area contributed by atoms with E-state index in [1.807, 2.05) is 29.1 Å². The SMILES string of the molecule is C1=C[SH](c2cccc(Cn3cc(-c4ccccc4)nn3)c2)C=C1. The molecular weight excluding hydrogens is 302 g/mol. The minimum atomic E-state index is -0.268. The summed E-state index contributed by atoms with van der Waals surface area (Å²) in [5.74, 6) is 0. The Bertz CT molecular complexity index is 853. The van der Waals surface area contributed by atoms with Gasteiger partial charge in [0.15, 0.2) is 0 Å². The van der Waals surface area contributed by atoms with Crippen molar-refractivity contribution in [2.24, 2.45) is 0 Å². The highest BCUT2D eigenvalue weighted by Crippen LogP contribution is 2.42. The molecule has 2 aromatic carbocycles. The van der Waals surface area contributed by atoms with Gasteiger partial charge in [-0.2, -0.15) is 10.9 Å². The van der Waals surface area contributed by atoms with Crippen molar-refractivity contribution in [2.45, 2.75) is 11.4 Å². The third-order valence-corrected chi connectivity index (χ3v) is 5.63. The molecule has 4 rings (SSSR count). The Labute approximate surface area is 138 Å². The van der Waals surface area contributed by atoms with Crippen LogP contribution in [-0.2, 0) is 6.54 Å². The predicted molar refractivity (Wildman–Crippen MR) is 96.5 cm³/mol. The number of nitrogens with zero attached hydrogens (tertiary/aromatic N) is 3. The van der Waals surface area contributed by atoms with Gasteiger partial charge in [0.25, 0.3) is 0 Å². The lowest BCUT2D eigenvalue weighted by Crippen LogP contribution is -2.00. The van der Waals surface area contributed by atoms with Crippen LogP contribution in [0.4, 0.5) is 0 Å². The fraction of sp³-hybridized carbons (Fsp3) is 0.0526. The molecule has 1 aromatic heterocycles. The van der Waals surface area contributed by atoms with Crippen LogP contribution < -0.4 is 0 Å². The summed E-state index contributed by atoms with van der Waals surface area (Å²) in [4.78, 5) is 1.38.